The Bertz CT molecular complexity index is 1390. The summed E-state index contributed by atoms with van der Waals surface area (Å²) >= 11 is 0. The fourth-order valence-electron chi connectivity index (χ4n) is 4.41. The third-order valence-electron chi connectivity index (χ3n) is 7.17. The van der Waals surface area contributed by atoms with E-state index in [0.717, 1.165) is 10.9 Å². The summed E-state index contributed by atoms with van der Waals surface area (Å²) in [5.41, 5.74) is 7.97. The number of rotatable bonds is 16. The molecule has 5 unspecified atom stereocenters. The zero-order chi connectivity index (χ0) is 30.8. The van der Waals surface area contributed by atoms with Crippen LogP contribution in [0.3, 0.4) is 0 Å². The number of aromatic nitrogens is 3. The van der Waals surface area contributed by atoms with Crippen molar-refractivity contribution in [2.24, 2.45) is 11.7 Å². The number of aromatic amines is 2. The summed E-state index contributed by atoms with van der Waals surface area (Å²) in [7, 11) is 0. The van der Waals surface area contributed by atoms with Crippen molar-refractivity contribution in [3.05, 3.63) is 54.2 Å². The smallest absolute Gasteiger partial charge is 0.326 e. The average molecular weight is 584 g/mol. The second kappa shape index (κ2) is 14.8. The topological polar surface area (TPSA) is 232 Å². The van der Waals surface area contributed by atoms with Gasteiger partial charge in [0.05, 0.1) is 12.4 Å². The van der Waals surface area contributed by atoms with Gasteiger partial charge >= 0.3 is 11.9 Å². The van der Waals surface area contributed by atoms with E-state index in [4.69, 9.17) is 5.73 Å². The quantitative estimate of drug-likeness (QED) is 0.117. The van der Waals surface area contributed by atoms with Gasteiger partial charge in [-0.2, -0.15) is 0 Å². The lowest BCUT2D eigenvalue weighted by Crippen LogP contribution is -2.58. The number of carbonyl (C=O) groups is 5. The third kappa shape index (κ3) is 8.64. The summed E-state index contributed by atoms with van der Waals surface area (Å²) in [6.07, 6.45) is 4.33. The lowest BCUT2D eigenvalue weighted by molar-refractivity contribution is -0.142. The van der Waals surface area contributed by atoms with Crippen molar-refractivity contribution in [3.8, 4) is 0 Å². The molecule has 0 bridgehead atoms. The van der Waals surface area contributed by atoms with Crippen LogP contribution in [0.15, 0.2) is 43.0 Å². The number of nitrogens with zero attached hydrogens (tertiary/aromatic N) is 1. The molecule has 3 amide bonds. The number of fused-ring (bicyclic) bond motifs is 1. The molecule has 0 fully saturated rings. The SMILES string of the molecule is CCC(C)C(N)C(=O)NC(CCC(=O)O)C(=O)NC(Cc1c[nH]c2ccccc12)C(=O)NC(Cc1cnc[nH]1)C(=O)O. The maximum absolute atomic E-state index is 13.5. The molecule has 0 aliphatic rings. The molecule has 14 nitrogen and oxygen atoms in total. The summed E-state index contributed by atoms with van der Waals surface area (Å²) in [6.45, 7) is 3.64. The molecule has 0 aliphatic carbocycles. The van der Waals surface area contributed by atoms with E-state index in [1.54, 1.807) is 13.1 Å². The molecule has 9 N–H and O–H groups in total. The zero-order valence-electron chi connectivity index (χ0n) is 23.4. The van der Waals surface area contributed by atoms with Gasteiger partial charge in [0.1, 0.15) is 18.1 Å². The first kappa shape index (κ1) is 31.8. The van der Waals surface area contributed by atoms with Gasteiger partial charge in [0.2, 0.25) is 17.7 Å². The van der Waals surface area contributed by atoms with Crippen LogP contribution < -0.4 is 21.7 Å². The Labute approximate surface area is 241 Å². The molecular weight excluding hydrogens is 546 g/mol. The second-order valence-corrected chi connectivity index (χ2v) is 10.2. The lowest BCUT2D eigenvalue weighted by Gasteiger charge is -2.26. The van der Waals surface area contributed by atoms with Crippen LogP contribution in [0.5, 0.6) is 0 Å². The largest absolute Gasteiger partial charge is 0.481 e. The molecule has 3 aromatic rings. The molecule has 0 radical (unpaired) electrons. The Kier molecular flexibility index (Phi) is 11.2. The van der Waals surface area contributed by atoms with Gasteiger partial charge in [-0.1, -0.05) is 38.5 Å². The van der Waals surface area contributed by atoms with Gasteiger partial charge < -0.3 is 41.9 Å². The summed E-state index contributed by atoms with van der Waals surface area (Å²) in [5.74, 6) is -4.87. The fourth-order valence-corrected chi connectivity index (χ4v) is 4.41. The number of carboxylic acid groups (broad SMARTS) is 2. The van der Waals surface area contributed by atoms with Gasteiger partial charge in [-0.05, 0) is 24.0 Å². The number of amides is 3. The van der Waals surface area contributed by atoms with E-state index in [-0.39, 0.29) is 25.2 Å². The second-order valence-electron chi connectivity index (χ2n) is 10.2. The minimum Gasteiger partial charge on any atom is -0.481 e. The van der Waals surface area contributed by atoms with E-state index in [0.29, 0.717) is 17.7 Å². The van der Waals surface area contributed by atoms with Crippen LogP contribution in [-0.4, -0.2) is 79.0 Å². The maximum Gasteiger partial charge on any atom is 0.326 e. The van der Waals surface area contributed by atoms with E-state index in [9.17, 15) is 34.2 Å². The monoisotopic (exact) mass is 583 g/mol. The summed E-state index contributed by atoms with van der Waals surface area (Å²) in [6, 6.07) is 2.49. The maximum atomic E-state index is 13.5. The number of hydrogen-bond acceptors (Lipinski definition) is 7. The molecule has 1 aromatic carbocycles. The van der Waals surface area contributed by atoms with Gasteiger partial charge in [0, 0.05) is 48.3 Å². The minimum atomic E-state index is -1.34. The first-order valence-electron chi connectivity index (χ1n) is 13.6. The highest BCUT2D eigenvalue weighted by molar-refractivity contribution is 5.95. The highest BCUT2D eigenvalue weighted by atomic mass is 16.4. The van der Waals surface area contributed by atoms with Gasteiger partial charge in [-0.3, -0.25) is 19.2 Å². The summed E-state index contributed by atoms with van der Waals surface area (Å²) in [5, 5.41) is 27.4. The van der Waals surface area contributed by atoms with Gasteiger partial charge in [-0.25, -0.2) is 9.78 Å². The number of aliphatic carboxylic acids is 2. The number of nitrogens with two attached hydrogens (primary N) is 1. The number of H-pyrrole nitrogens is 2. The molecule has 3 rings (SSSR count). The Hall–Kier alpha value is -4.72. The highest BCUT2D eigenvalue weighted by Crippen LogP contribution is 2.19. The van der Waals surface area contributed by atoms with Crippen molar-refractivity contribution in [3.63, 3.8) is 0 Å². The van der Waals surface area contributed by atoms with Crippen molar-refractivity contribution < 1.29 is 34.2 Å². The van der Waals surface area contributed by atoms with Crippen molar-refractivity contribution in [2.75, 3.05) is 0 Å². The average Bonchev–Trinajstić information content (AvgIpc) is 3.63. The van der Waals surface area contributed by atoms with Crippen LogP contribution in [0, 0.1) is 5.92 Å². The van der Waals surface area contributed by atoms with E-state index in [1.165, 1.54) is 12.5 Å². The molecule has 0 aliphatic heterocycles. The van der Waals surface area contributed by atoms with Crippen LogP contribution >= 0.6 is 0 Å². The third-order valence-corrected chi connectivity index (χ3v) is 7.17. The molecule has 2 aromatic heterocycles. The van der Waals surface area contributed by atoms with E-state index in [2.05, 4.69) is 30.9 Å². The first-order chi connectivity index (χ1) is 20.0. The normalized spacial score (nSPS) is 14.7. The molecule has 0 saturated carbocycles. The van der Waals surface area contributed by atoms with Gasteiger partial charge in [0.25, 0.3) is 0 Å². The van der Waals surface area contributed by atoms with Crippen LogP contribution in [0.25, 0.3) is 10.9 Å². The van der Waals surface area contributed by atoms with Crippen LogP contribution in [0.1, 0.15) is 44.4 Å². The van der Waals surface area contributed by atoms with Crippen LogP contribution in [0.4, 0.5) is 0 Å². The van der Waals surface area contributed by atoms with Crippen LogP contribution in [-0.2, 0) is 36.8 Å². The predicted molar refractivity (Wildman–Crippen MR) is 152 cm³/mol. The molecule has 0 spiro atoms. The lowest BCUT2D eigenvalue weighted by atomic mass is 9.98. The number of benzene rings is 1. The number of carbonyl (C=O) groups excluding carboxylic acids is 3. The number of nitrogens with one attached hydrogen (secondary N) is 5. The van der Waals surface area contributed by atoms with E-state index < -0.39 is 60.2 Å². The number of imidazole rings is 1. The molecule has 5 atom stereocenters. The Balaban J connectivity index is 1.86. The van der Waals surface area contributed by atoms with Crippen molar-refractivity contribution >= 4 is 40.6 Å². The Morgan fingerprint density at radius 1 is 0.929 bits per heavy atom. The van der Waals surface area contributed by atoms with E-state index in [1.807, 2.05) is 31.2 Å². The van der Waals surface area contributed by atoms with Gasteiger partial charge in [0.15, 0.2) is 0 Å². The molecule has 226 valence electrons. The number of hydrogen-bond donors (Lipinski definition) is 8. The van der Waals surface area contributed by atoms with Gasteiger partial charge in [-0.15, -0.1) is 0 Å². The van der Waals surface area contributed by atoms with Crippen LogP contribution in [0.2, 0.25) is 0 Å². The number of carboxylic acids is 2. The first-order valence-corrected chi connectivity index (χ1v) is 13.6. The van der Waals surface area contributed by atoms with Crippen molar-refractivity contribution in [2.45, 2.75) is 70.1 Å². The Morgan fingerprint density at radius 2 is 1.60 bits per heavy atom. The standard InChI is InChI=1S/C28H37N7O7/c1-3-15(2)24(29)27(40)33-20(8-9-23(36)37)25(38)34-21(10-16-12-31-19-7-5-4-6-18(16)19)26(39)35-22(28(41)42)11-17-13-30-14-32-17/h4-7,12-15,20-22,24,31H,3,8-11,29H2,1-2H3,(H,30,32)(H,33,40)(H,34,38)(H,35,39)(H,36,37)(H,41,42). The predicted octanol–water partition coefficient (Wildman–Crippen LogP) is 0.453. The molecule has 42 heavy (non-hydrogen) atoms. The fraction of sp³-hybridized carbons (Fsp3) is 0.429. The molecule has 14 heteroatoms. The van der Waals surface area contributed by atoms with Crippen molar-refractivity contribution in [1.82, 2.24) is 30.9 Å². The molecule has 2 heterocycles. The molecule has 0 saturated heterocycles. The minimum absolute atomic E-state index is 0.0238. The van der Waals surface area contributed by atoms with E-state index >= 15 is 0 Å². The zero-order valence-corrected chi connectivity index (χ0v) is 23.4. The summed E-state index contributed by atoms with van der Waals surface area (Å²) < 4.78 is 0. The van der Waals surface area contributed by atoms with Crippen molar-refractivity contribution in [1.29, 1.82) is 0 Å². The highest BCUT2D eigenvalue weighted by Gasteiger charge is 2.32. The summed E-state index contributed by atoms with van der Waals surface area (Å²) in [4.78, 5) is 72.7. The Morgan fingerprint density at radius 3 is 2.24 bits per heavy atom. The molecular formula is C28H37N7O7. The number of para-hydroxylation sites is 1.